The third-order valence-corrected chi connectivity index (χ3v) is 4.69. The van der Waals surface area contributed by atoms with E-state index < -0.39 is 0 Å². The zero-order valence-corrected chi connectivity index (χ0v) is 13.9. The summed E-state index contributed by atoms with van der Waals surface area (Å²) in [6.07, 6.45) is 1.89. The van der Waals surface area contributed by atoms with E-state index in [1.807, 2.05) is 0 Å². The zero-order chi connectivity index (χ0) is 15.9. The van der Waals surface area contributed by atoms with Gasteiger partial charge in [0.05, 0.1) is 11.2 Å². The molecule has 0 radical (unpaired) electrons. The number of pyridine rings is 1. The van der Waals surface area contributed by atoms with Crippen molar-refractivity contribution in [2.75, 3.05) is 18.9 Å². The highest BCUT2D eigenvalue weighted by molar-refractivity contribution is 5.96. The number of rotatable bonds is 3. The normalized spacial score (nSPS) is 14.5. The molecule has 0 bridgehead atoms. The second-order valence-corrected chi connectivity index (χ2v) is 6.68. The van der Waals surface area contributed by atoms with Gasteiger partial charge in [0.15, 0.2) is 0 Å². The molecule has 1 aliphatic heterocycles. The molecule has 0 saturated heterocycles. The molecule has 3 rings (SSSR count). The van der Waals surface area contributed by atoms with Gasteiger partial charge in [-0.2, -0.15) is 0 Å². The van der Waals surface area contributed by atoms with Gasteiger partial charge in [0.2, 0.25) is 0 Å². The molecule has 1 aliphatic rings. The van der Waals surface area contributed by atoms with Crippen molar-refractivity contribution >= 4 is 16.6 Å². The van der Waals surface area contributed by atoms with E-state index in [0.717, 1.165) is 42.7 Å². The summed E-state index contributed by atoms with van der Waals surface area (Å²) in [4.78, 5) is 17.7. The number of H-pyrrole nitrogens is 1. The Bertz CT molecular complexity index is 761. The number of aryl methyl sites for hydroxylation is 1. The summed E-state index contributed by atoms with van der Waals surface area (Å²) in [6.45, 7) is 8.35. The van der Waals surface area contributed by atoms with Crippen LogP contribution in [0, 0.1) is 6.92 Å². The van der Waals surface area contributed by atoms with Crippen LogP contribution >= 0.6 is 0 Å². The molecule has 0 aliphatic carbocycles. The number of benzene rings is 1. The number of aromatic amines is 1. The Kier molecular flexibility index (Phi) is 3.96. The Hall–Kier alpha value is -1.81. The predicted octanol–water partition coefficient (Wildman–Crippen LogP) is 3.03. The number of hydrogen-bond acceptors (Lipinski definition) is 3. The van der Waals surface area contributed by atoms with Crippen LogP contribution in [0.15, 0.2) is 16.9 Å². The third-order valence-electron chi connectivity index (χ3n) is 4.69. The zero-order valence-electron chi connectivity index (χ0n) is 13.9. The highest BCUT2D eigenvalue weighted by atomic mass is 16.1. The van der Waals surface area contributed by atoms with Crippen LogP contribution < -0.4 is 10.9 Å². The lowest BCUT2D eigenvalue weighted by molar-refractivity contribution is 0.266. The topological polar surface area (TPSA) is 48.1 Å². The van der Waals surface area contributed by atoms with Crippen molar-refractivity contribution in [3.63, 3.8) is 0 Å². The summed E-state index contributed by atoms with van der Waals surface area (Å²) in [5, 5.41) is 4.61. The fourth-order valence-corrected chi connectivity index (χ4v) is 3.23. The number of nitrogens with one attached hydrogen (secondary N) is 2. The molecule has 1 aromatic carbocycles. The smallest absolute Gasteiger partial charge is 0.253 e. The highest BCUT2D eigenvalue weighted by Crippen LogP contribution is 2.31. The number of fused-ring (bicyclic) bond motifs is 3. The van der Waals surface area contributed by atoms with Crippen LogP contribution in [0.4, 0.5) is 5.69 Å². The molecule has 4 nitrogen and oxygen atoms in total. The maximum absolute atomic E-state index is 12.3. The molecule has 0 fully saturated rings. The van der Waals surface area contributed by atoms with Gasteiger partial charge in [-0.25, -0.2) is 0 Å². The summed E-state index contributed by atoms with van der Waals surface area (Å²) in [5.41, 5.74) is 5.44. The average molecular weight is 299 g/mol. The van der Waals surface area contributed by atoms with Gasteiger partial charge in [0.1, 0.15) is 0 Å². The average Bonchev–Trinajstić information content (AvgIpc) is 2.46. The first-order valence-corrected chi connectivity index (χ1v) is 8.10. The highest BCUT2D eigenvalue weighted by Gasteiger charge is 2.18. The lowest BCUT2D eigenvalue weighted by Crippen LogP contribution is -2.26. The Labute approximate surface area is 131 Å². The Balaban J connectivity index is 2.13. The van der Waals surface area contributed by atoms with Crippen LogP contribution in [0.1, 0.15) is 37.0 Å². The van der Waals surface area contributed by atoms with Crippen molar-refractivity contribution in [3.8, 4) is 0 Å². The Morgan fingerprint density at radius 1 is 1.32 bits per heavy atom. The van der Waals surface area contributed by atoms with Gasteiger partial charge < -0.3 is 10.3 Å². The van der Waals surface area contributed by atoms with Gasteiger partial charge in [0, 0.05) is 30.1 Å². The molecule has 0 atom stereocenters. The molecule has 118 valence electrons. The van der Waals surface area contributed by atoms with Gasteiger partial charge in [0.25, 0.3) is 5.56 Å². The molecule has 22 heavy (non-hydrogen) atoms. The molecule has 0 spiro atoms. The number of anilines is 1. The maximum Gasteiger partial charge on any atom is 0.253 e. The molecule has 1 aromatic heterocycles. The lowest BCUT2D eigenvalue weighted by Gasteiger charge is -2.23. The molecule has 2 N–H and O–H groups in total. The SMILES string of the molecule is Cc1cc(CN(C)C(C)C)cc2[nH]c(=O)c3c(c12)NCCC3. The molecular weight excluding hydrogens is 274 g/mol. The second-order valence-electron chi connectivity index (χ2n) is 6.68. The van der Waals surface area contributed by atoms with E-state index >= 15 is 0 Å². The molecule has 2 aromatic rings. The first kappa shape index (κ1) is 15.1. The molecular formula is C18H25N3O. The van der Waals surface area contributed by atoms with E-state index in [2.05, 4.69) is 55.2 Å². The fourth-order valence-electron chi connectivity index (χ4n) is 3.23. The second kappa shape index (κ2) is 5.76. The van der Waals surface area contributed by atoms with E-state index in [1.165, 1.54) is 16.5 Å². The van der Waals surface area contributed by atoms with Crippen molar-refractivity contribution < 1.29 is 0 Å². The maximum atomic E-state index is 12.3. The number of nitrogens with zero attached hydrogens (tertiary/aromatic N) is 1. The van der Waals surface area contributed by atoms with E-state index in [9.17, 15) is 4.79 Å². The van der Waals surface area contributed by atoms with Crippen molar-refractivity contribution in [3.05, 3.63) is 39.2 Å². The van der Waals surface area contributed by atoms with Gasteiger partial charge in [-0.15, -0.1) is 0 Å². The van der Waals surface area contributed by atoms with Crippen molar-refractivity contribution in [2.45, 2.75) is 46.2 Å². The minimum absolute atomic E-state index is 0.0588. The fraction of sp³-hybridized carbons (Fsp3) is 0.500. The predicted molar refractivity (Wildman–Crippen MR) is 92.7 cm³/mol. The monoisotopic (exact) mass is 299 g/mol. The van der Waals surface area contributed by atoms with Crippen LogP contribution in [-0.2, 0) is 13.0 Å². The molecule has 4 heteroatoms. The minimum atomic E-state index is 0.0588. The lowest BCUT2D eigenvalue weighted by atomic mass is 9.97. The molecule has 0 unspecified atom stereocenters. The Morgan fingerprint density at radius 3 is 2.82 bits per heavy atom. The van der Waals surface area contributed by atoms with Crippen molar-refractivity contribution in [2.24, 2.45) is 0 Å². The van der Waals surface area contributed by atoms with Crippen LogP contribution in [-0.4, -0.2) is 29.5 Å². The molecule has 0 amide bonds. The van der Waals surface area contributed by atoms with Crippen LogP contribution in [0.5, 0.6) is 0 Å². The number of aromatic nitrogens is 1. The van der Waals surface area contributed by atoms with Crippen molar-refractivity contribution in [1.82, 2.24) is 9.88 Å². The first-order valence-electron chi connectivity index (χ1n) is 8.10. The van der Waals surface area contributed by atoms with Crippen LogP contribution in [0.2, 0.25) is 0 Å². The number of hydrogen-bond donors (Lipinski definition) is 2. The summed E-state index contributed by atoms with van der Waals surface area (Å²) in [7, 11) is 2.13. The minimum Gasteiger partial charge on any atom is -0.384 e. The summed E-state index contributed by atoms with van der Waals surface area (Å²) in [5.74, 6) is 0. The first-order chi connectivity index (χ1) is 10.5. The Morgan fingerprint density at radius 2 is 2.09 bits per heavy atom. The molecule has 2 heterocycles. The third kappa shape index (κ3) is 2.63. The van der Waals surface area contributed by atoms with Gasteiger partial charge >= 0.3 is 0 Å². The van der Waals surface area contributed by atoms with Gasteiger partial charge in [-0.1, -0.05) is 6.07 Å². The summed E-state index contributed by atoms with van der Waals surface area (Å²) < 4.78 is 0. The standard InChI is InChI=1S/C18H25N3O/c1-11(2)21(4)10-13-8-12(3)16-15(9-13)20-18(22)14-6-5-7-19-17(14)16/h8-9,11,19H,5-7,10H2,1-4H3,(H,20,22). The van der Waals surface area contributed by atoms with Crippen LogP contribution in [0.3, 0.4) is 0 Å². The van der Waals surface area contributed by atoms with Gasteiger partial charge in [-0.05, 0) is 57.9 Å². The summed E-state index contributed by atoms with van der Waals surface area (Å²) >= 11 is 0. The largest absolute Gasteiger partial charge is 0.384 e. The van der Waals surface area contributed by atoms with E-state index in [1.54, 1.807) is 0 Å². The van der Waals surface area contributed by atoms with Gasteiger partial charge in [-0.3, -0.25) is 9.69 Å². The van der Waals surface area contributed by atoms with Crippen LogP contribution in [0.25, 0.3) is 10.9 Å². The quantitative estimate of drug-likeness (QED) is 0.916. The van der Waals surface area contributed by atoms with E-state index in [4.69, 9.17) is 0 Å². The molecule has 0 saturated carbocycles. The van der Waals surface area contributed by atoms with E-state index in [0.29, 0.717) is 6.04 Å². The summed E-state index contributed by atoms with van der Waals surface area (Å²) in [6, 6.07) is 4.87. The van der Waals surface area contributed by atoms with Crippen molar-refractivity contribution in [1.29, 1.82) is 0 Å². The van der Waals surface area contributed by atoms with E-state index in [-0.39, 0.29) is 5.56 Å².